The number of primary amides is 1. The smallest absolute Gasteiger partial charge is 0.346 e. The minimum atomic E-state index is -3.98. The summed E-state index contributed by atoms with van der Waals surface area (Å²) in [6.45, 7) is 4.81. The SMILES string of the molecule is Cc1cc(S(=O)(=O)NC(C(N)=O)C(C)C)sc1C(=O)O. The van der Waals surface area contributed by atoms with E-state index in [1.807, 2.05) is 0 Å². The van der Waals surface area contributed by atoms with Gasteiger partial charge < -0.3 is 10.8 Å². The molecule has 112 valence electrons. The van der Waals surface area contributed by atoms with E-state index in [0.29, 0.717) is 16.9 Å². The number of aryl methyl sites for hydroxylation is 1. The Morgan fingerprint density at radius 3 is 2.30 bits per heavy atom. The highest BCUT2D eigenvalue weighted by atomic mass is 32.2. The van der Waals surface area contributed by atoms with E-state index >= 15 is 0 Å². The molecule has 0 saturated carbocycles. The third kappa shape index (κ3) is 3.56. The molecular formula is C11H16N2O5S2. The van der Waals surface area contributed by atoms with Gasteiger partial charge in [-0.3, -0.25) is 4.79 Å². The number of hydrogen-bond acceptors (Lipinski definition) is 5. The van der Waals surface area contributed by atoms with Gasteiger partial charge in [0.25, 0.3) is 10.0 Å². The fourth-order valence-electron chi connectivity index (χ4n) is 1.55. The minimum Gasteiger partial charge on any atom is -0.477 e. The quantitative estimate of drug-likeness (QED) is 0.705. The lowest BCUT2D eigenvalue weighted by atomic mass is 10.1. The summed E-state index contributed by atoms with van der Waals surface area (Å²) < 4.78 is 26.3. The van der Waals surface area contributed by atoms with Crippen molar-refractivity contribution >= 4 is 33.2 Å². The first-order valence-electron chi connectivity index (χ1n) is 5.71. The largest absolute Gasteiger partial charge is 0.477 e. The summed E-state index contributed by atoms with van der Waals surface area (Å²) in [5.74, 6) is -2.29. The molecule has 7 nitrogen and oxygen atoms in total. The molecule has 0 fully saturated rings. The van der Waals surface area contributed by atoms with Crippen LogP contribution in [0.5, 0.6) is 0 Å². The van der Waals surface area contributed by atoms with Crippen molar-refractivity contribution in [2.45, 2.75) is 31.0 Å². The molecule has 1 unspecified atom stereocenters. The standard InChI is InChI=1S/C11H16N2O5S2/c1-5(2)8(10(12)14)13-20(17,18)7-4-6(3)9(19-7)11(15)16/h4-5,8,13H,1-3H3,(H2,12,14)(H,15,16). The first kappa shape index (κ1) is 16.6. The number of nitrogens with two attached hydrogens (primary N) is 1. The van der Waals surface area contributed by atoms with Gasteiger partial charge in [-0.25, -0.2) is 13.2 Å². The molecule has 0 radical (unpaired) electrons. The second-order valence-electron chi connectivity index (χ2n) is 4.63. The topological polar surface area (TPSA) is 127 Å². The number of amides is 1. The Morgan fingerprint density at radius 1 is 1.40 bits per heavy atom. The van der Waals surface area contributed by atoms with Crippen LogP contribution in [0.2, 0.25) is 0 Å². The third-order valence-corrected chi connectivity index (χ3v) is 5.75. The van der Waals surface area contributed by atoms with Gasteiger partial charge in [0.15, 0.2) is 0 Å². The maximum absolute atomic E-state index is 12.1. The summed E-state index contributed by atoms with van der Waals surface area (Å²) in [6, 6.07) is 0.213. The number of rotatable bonds is 6. The zero-order valence-electron chi connectivity index (χ0n) is 11.2. The monoisotopic (exact) mass is 320 g/mol. The molecule has 1 rings (SSSR count). The molecular weight excluding hydrogens is 304 g/mol. The van der Waals surface area contributed by atoms with Gasteiger partial charge in [0.2, 0.25) is 5.91 Å². The highest BCUT2D eigenvalue weighted by Gasteiger charge is 2.28. The lowest BCUT2D eigenvalue weighted by molar-refractivity contribution is -0.120. The molecule has 20 heavy (non-hydrogen) atoms. The number of aromatic carboxylic acids is 1. The highest BCUT2D eigenvalue weighted by molar-refractivity contribution is 7.91. The number of hydrogen-bond donors (Lipinski definition) is 3. The summed E-state index contributed by atoms with van der Waals surface area (Å²) in [4.78, 5) is 22.1. The molecule has 1 aromatic heterocycles. The van der Waals surface area contributed by atoms with E-state index in [4.69, 9.17) is 10.8 Å². The van der Waals surface area contributed by atoms with Gasteiger partial charge in [-0.05, 0) is 24.5 Å². The van der Waals surface area contributed by atoms with Crippen LogP contribution < -0.4 is 10.5 Å². The average molecular weight is 320 g/mol. The molecule has 0 aliphatic rings. The molecule has 0 spiro atoms. The molecule has 9 heteroatoms. The Bertz CT molecular complexity index is 633. The van der Waals surface area contributed by atoms with Crippen molar-refractivity contribution in [2.75, 3.05) is 0 Å². The van der Waals surface area contributed by atoms with Crippen molar-refractivity contribution in [1.82, 2.24) is 4.72 Å². The predicted octanol–water partition coefficient (Wildman–Crippen LogP) is 0.543. The van der Waals surface area contributed by atoms with Crippen molar-refractivity contribution < 1.29 is 23.1 Å². The van der Waals surface area contributed by atoms with Gasteiger partial charge in [0, 0.05) is 0 Å². The predicted molar refractivity (Wildman–Crippen MR) is 74.2 cm³/mol. The van der Waals surface area contributed by atoms with Crippen LogP contribution in [0.3, 0.4) is 0 Å². The average Bonchev–Trinajstić information content (AvgIpc) is 2.68. The van der Waals surface area contributed by atoms with Crippen molar-refractivity contribution in [1.29, 1.82) is 0 Å². The van der Waals surface area contributed by atoms with Crippen LogP contribution >= 0.6 is 11.3 Å². The third-order valence-electron chi connectivity index (χ3n) is 2.61. The summed E-state index contributed by atoms with van der Waals surface area (Å²) in [6.07, 6.45) is 0. The van der Waals surface area contributed by atoms with Crippen LogP contribution in [-0.4, -0.2) is 31.4 Å². The maximum atomic E-state index is 12.1. The van der Waals surface area contributed by atoms with Gasteiger partial charge in [-0.15, -0.1) is 11.3 Å². The minimum absolute atomic E-state index is 0.0504. The molecule has 1 aromatic rings. The molecule has 0 aromatic carbocycles. The number of carboxylic acid groups (broad SMARTS) is 1. The van der Waals surface area contributed by atoms with Crippen LogP contribution in [0.25, 0.3) is 0 Å². The van der Waals surface area contributed by atoms with Crippen LogP contribution in [-0.2, 0) is 14.8 Å². The van der Waals surface area contributed by atoms with E-state index in [0.717, 1.165) is 0 Å². The molecule has 0 saturated heterocycles. The second-order valence-corrected chi connectivity index (χ2v) is 7.62. The number of carboxylic acids is 1. The first-order chi connectivity index (χ1) is 9.06. The summed E-state index contributed by atoms with van der Waals surface area (Å²) in [7, 11) is -3.98. The molecule has 1 amide bonds. The number of thiophene rings is 1. The van der Waals surface area contributed by atoms with Crippen LogP contribution in [0.1, 0.15) is 29.1 Å². The van der Waals surface area contributed by atoms with Crippen molar-refractivity contribution in [3.63, 3.8) is 0 Å². The number of sulfonamides is 1. The van der Waals surface area contributed by atoms with E-state index < -0.39 is 27.9 Å². The Labute approximate surface area is 120 Å². The number of carbonyl (C=O) groups excluding carboxylic acids is 1. The summed E-state index contributed by atoms with van der Waals surface area (Å²) in [5, 5.41) is 8.92. The van der Waals surface area contributed by atoms with Gasteiger partial charge >= 0.3 is 5.97 Å². The summed E-state index contributed by atoms with van der Waals surface area (Å²) in [5.41, 5.74) is 5.50. The molecule has 0 aliphatic carbocycles. The van der Waals surface area contributed by atoms with E-state index in [2.05, 4.69) is 4.72 Å². The van der Waals surface area contributed by atoms with Crippen LogP contribution in [0.15, 0.2) is 10.3 Å². The molecule has 1 atom stereocenters. The lowest BCUT2D eigenvalue weighted by Crippen LogP contribution is -2.47. The van der Waals surface area contributed by atoms with Crippen molar-refractivity contribution in [3.05, 3.63) is 16.5 Å². The zero-order chi connectivity index (χ0) is 15.7. The van der Waals surface area contributed by atoms with E-state index in [9.17, 15) is 18.0 Å². The Morgan fingerprint density at radius 2 is 1.95 bits per heavy atom. The first-order valence-corrected chi connectivity index (χ1v) is 8.01. The molecule has 0 bridgehead atoms. The zero-order valence-corrected chi connectivity index (χ0v) is 12.8. The normalized spacial score (nSPS) is 13.4. The second kappa shape index (κ2) is 5.90. The molecule has 1 heterocycles. The van der Waals surface area contributed by atoms with E-state index in [1.54, 1.807) is 13.8 Å². The van der Waals surface area contributed by atoms with Gasteiger partial charge in [0.05, 0.1) is 0 Å². The highest BCUT2D eigenvalue weighted by Crippen LogP contribution is 2.26. The summed E-state index contributed by atoms with van der Waals surface area (Å²) >= 11 is 0.638. The van der Waals surface area contributed by atoms with Crippen molar-refractivity contribution in [2.24, 2.45) is 11.7 Å². The van der Waals surface area contributed by atoms with Gasteiger partial charge in [-0.1, -0.05) is 13.8 Å². The van der Waals surface area contributed by atoms with E-state index in [1.165, 1.54) is 13.0 Å². The number of carbonyl (C=O) groups is 2. The van der Waals surface area contributed by atoms with E-state index in [-0.39, 0.29) is 15.0 Å². The van der Waals surface area contributed by atoms with Crippen LogP contribution in [0, 0.1) is 12.8 Å². The number of nitrogens with one attached hydrogen (secondary N) is 1. The fraction of sp³-hybridized carbons (Fsp3) is 0.455. The Balaban J connectivity index is 3.14. The lowest BCUT2D eigenvalue weighted by Gasteiger charge is -2.18. The Hall–Kier alpha value is -1.45. The fourth-order valence-corrected chi connectivity index (χ4v) is 4.29. The Kier molecular flexibility index (Phi) is 4.90. The molecule has 4 N–H and O–H groups in total. The van der Waals surface area contributed by atoms with Crippen LogP contribution in [0.4, 0.5) is 0 Å². The van der Waals surface area contributed by atoms with Gasteiger partial charge in [0.1, 0.15) is 15.1 Å². The molecule has 0 aliphatic heterocycles. The van der Waals surface area contributed by atoms with Crippen molar-refractivity contribution in [3.8, 4) is 0 Å². The van der Waals surface area contributed by atoms with Gasteiger partial charge in [-0.2, -0.15) is 4.72 Å². The maximum Gasteiger partial charge on any atom is 0.346 e.